The van der Waals surface area contributed by atoms with Crippen LogP contribution >= 0.6 is 0 Å². The summed E-state index contributed by atoms with van der Waals surface area (Å²) in [6, 6.07) is 10.2. The van der Waals surface area contributed by atoms with Crippen LogP contribution in [0.4, 0.5) is 4.39 Å². The van der Waals surface area contributed by atoms with Gasteiger partial charge in [0.25, 0.3) is 0 Å². The van der Waals surface area contributed by atoms with Crippen molar-refractivity contribution in [3.05, 3.63) is 59.3 Å². The molecule has 1 heterocycles. The Balaban J connectivity index is 2.32. The van der Waals surface area contributed by atoms with Crippen LogP contribution in [0.3, 0.4) is 0 Å². The van der Waals surface area contributed by atoms with Crippen LogP contribution in [0, 0.1) is 12.7 Å². The number of benzene rings is 1. The van der Waals surface area contributed by atoms with Gasteiger partial charge in [-0.3, -0.25) is 0 Å². The van der Waals surface area contributed by atoms with Crippen molar-refractivity contribution in [3.8, 4) is 0 Å². The average molecular weight is 219 g/mol. The van der Waals surface area contributed by atoms with Gasteiger partial charge in [0.1, 0.15) is 17.3 Å². The highest BCUT2D eigenvalue weighted by Crippen LogP contribution is 2.23. The Kier molecular flexibility index (Phi) is 3.06. The molecule has 0 fully saturated rings. The predicted octanol–water partition coefficient (Wildman–Crippen LogP) is 3.04. The number of furan rings is 1. The SMILES string of the molecule is CNC(c1ccc(F)cc1)c1ccc(C)o1. The minimum atomic E-state index is -0.228. The van der Waals surface area contributed by atoms with Gasteiger partial charge < -0.3 is 9.73 Å². The van der Waals surface area contributed by atoms with E-state index in [9.17, 15) is 4.39 Å². The Morgan fingerprint density at radius 2 is 1.81 bits per heavy atom. The molecule has 1 unspecified atom stereocenters. The Hall–Kier alpha value is -1.61. The molecule has 1 aromatic heterocycles. The van der Waals surface area contributed by atoms with Crippen LogP contribution in [0.2, 0.25) is 0 Å². The highest BCUT2D eigenvalue weighted by atomic mass is 19.1. The first-order chi connectivity index (χ1) is 7.70. The molecule has 84 valence electrons. The summed E-state index contributed by atoms with van der Waals surface area (Å²) in [6.07, 6.45) is 0. The second-order valence-corrected chi connectivity index (χ2v) is 3.72. The summed E-state index contributed by atoms with van der Waals surface area (Å²) in [5.41, 5.74) is 0.984. The zero-order valence-corrected chi connectivity index (χ0v) is 9.33. The summed E-state index contributed by atoms with van der Waals surface area (Å²) in [4.78, 5) is 0. The third-order valence-electron chi connectivity index (χ3n) is 2.54. The molecular formula is C13H14FNO. The van der Waals surface area contributed by atoms with E-state index < -0.39 is 0 Å². The molecule has 1 N–H and O–H groups in total. The van der Waals surface area contributed by atoms with Crippen molar-refractivity contribution >= 4 is 0 Å². The van der Waals surface area contributed by atoms with E-state index in [1.807, 2.05) is 26.1 Å². The van der Waals surface area contributed by atoms with Crippen molar-refractivity contribution in [3.63, 3.8) is 0 Å². The molecule has 3 heteroatoms. The lowest BCUT2D eigenvalue weighted by molar-refractivity contribution is 0.444. The number of aryl methyl sites for hydroxylation is 1. The lowest BCUT2D eigenvalue weighted by Crippen LogP contribution is -2.16. The van der Waals surface area contributed by atoms with E-state index >= 15 is 0 Å². The highest BCUT2D eigenvalue weighted by molar-refractivity contribution is 5.27. The normalized spacial score (nSPS) is 12.7. The summed E-state index contributed by atoms with van der Waals surface area (Å²) in [6.45, 7) is 1.90. The lowest BCUT2D eigenvalue weighted by atomic mass is 10.1. The van der Waals surface area contributed by atoms with E-state index in [2.05, 4.69) is 5.32 Å². The van der Waals surface area contributed by atoms with Gasteiger partial charge in [-0.2, -0.15) is 0 Å². The predicted molar refractivity (Wildman–Crippen MR) is 60.7 cm³/mol. The molecule has 0 radical (unpaired) electrons. The molecule has 0 bridgehead atoms. The highest BCUT2D eigenvalue weighted by Gasteiger charge is 2.15. The van der Waals surface area contributed by atoms with Crippen molar-refractivity contribution in [2.45, 2.75) is 13.0 Å². The zero-order valence-electron chi connectivity index (χ0n) is 9.33. The molecular weight excluding hydrogens is 205 g/mol. The van der Waals surface area contributed by atoms with Crippen LogP contribution in [0.1, 0.15) is 23.1 Å². The summed E-state index contributed by atoms with van der Waals surface area (Å²) in [7, 11) is 1.85. The maximum absolute atomic E-state index is 12.8. The molecule has 2 nitrogen and oxygen atoms in total. The molecule has 0 aliphatic carbocycles. The van der Waals surface area contributed by atoms with Gasteiger partial charge in [0.15, 0.2) is 0 Å². The lowest BCUT2D eigenvalue weighted by Gasteiger charge is -2.13. The van der Waals surface area contributed by atoms with Crippen molar-refractivity contribution in [2.24, 2.45) is 0 Å². The second-order valence-electron chi connectivity index (χ2n) is 3.72. The molecule has 16 heavy (non-hydrogen) atoms. The average Bonchev–Trinajstić information content (AvgIpc) is 2.69. The van der Waals surface area contributed by atoms with Crippen molar-refractivity contribution < 1.29 is 8.81 Å². The van der Waals surface area contributed by atoms with Gasteiger partial charge in [-0.15, -0.1) is 0 Å². The van der Waals surface area contributed by atoms with Gasteiger partial charge in [-0.1, -0.05) is 12.1 Å². The first-order valence-electron chi connectivity index (χ1n) is 5.20. The maximum Gasteiger partial charge on any atom is 0.125 e. The number of hydrogen-bond donors (Lipinski definition) is 1. The Morgan fingerprint density at radius 1 is 1.12 bits per heavy atom. The van der Waals surface area contributed by atoms with Gasteiger partial charge in [-0.25, -0.2) is 4.39 Å². The van der Waals surface area contributed by atoms with Gasteiger partial charge in [0.2, 0.25) is 0 Å². The third kappa shape index (κ3) is 2.14. The summed E-state index contributed by atoms with van der Waals surface area (Å²) >= 11 is 0. The number of nitrogens with one attached hydrogen (secondary N) is 1. The van der Waals surface area contributed by atoms with Crippen molar-refractivity contribution in [2.75, 3.05) is 7.05 Å². The molecule has 0 spiro atoms. The molecule has 0 aliphatic heterocycles. The largest absolute Gasteiger partial charge is 0.464 e. The van der Waals surface area contributed by atoms with E-state index in [-0.39, 0.29) is 11.9 Å². The molecule has 0 amide bonds. The molecule has 0 saturated heterocycles. The van der Waals surface area contributed by atoms with Crippen molar-refractivity contribution in [1.82, 2.24) is 5.32 Å². The minimum absolute atomic E-state index is 0.0331. The summed E-state index contributed by atoms with van der Waals surface area (Å²) in [5, 5.41) is 3.15. The Bertz CT molecular complexity index is 461. The number of rotatable bonds is 3. The van der Waals surface area contributed by atoms with E-state index in [1.54, 1.807) is 12.1 Å². The Morgan fingerprint density at radius 3 is 2.31 bits per heavy atom. The zero-order chi connectivity index (χ0) is 11.5. The summed E-state index contributed by atoms with van der Waals surface area (Å²) in [5.74, 6) is 1.48. The molecule has 2 rings (SSSR count). The topological polar surface area (TPSA) is 25.2 Å². The van der Waals surface area contributed by atoms with Crippen LogP contribution in [0.15, 0.2) is 40.8 Å². The number of hydrogen-bond acceptors (Lipinski definition) is 2. The maximum atomic E-state index is 12.8. The van der Waals surface area contributed by atoms with Gasteiger partial charge >= 0.3 is 0 Å². The van der Waals surface area contributed by atoms with E-state index in [0.717, 1.165) is 17.1 Å². The van der Waals surface area contributed by atoms with Crippen LogP contribution < -0.4 is 5.32 Å². The Labute approximate surface area is 94.1 Å². The molecule has 0 aliphatic rings. The second kappa shape index (κ2) is 4.49. The van der Waals surface area contributed by atoms with Gasteiger partial charge in [0, 0.05) is 0 Å². The van der Waals surface area contributed by atoms with E-state index in [0.29, 0.717) is 0 Å². The fraction of sp³-hybridized carbons (Fsp3) is 0.231. The fourth-order valence-electron chi connectivity index (χ4n) is 1.74. The molecule has 0 saturated carbocycles. The third-order valence-corrected chi connectivity index (χ3v) is 2.54. The first kappa shape index (κ1) is 10.9. The van der Waals surface area contributed by atoms with Crippen LogP contribution in [-0.4, -0.2) is 7.05 Å². The molecule has 2 aromatic rings. The fourth-order valence-corrected chi connectivity index (χ4v) is 1.74. The standard InChI is InChI=1S/C13H14FNO/c1-9-3-8-12(16-9)13(15-2)10-4-6-11(14)7-5-10/h3-8,13,15H,1-2H3. The quantitative estimate of drug-likeness (QED) is 0.858. The summed E-state index contributed by atoms with van der Waals surface area (Å²) < 4.78 is 18.4. The molecule has 1 aromatic carbocycles. The van der Waals surface area contributed by atoms with Crippen LogP contribution in [0.5, 0.6) is 0 Å². The van der Waals surface area contributed by atoms with E-state index in [1.165, 1.54) is 12.1 Å². The van der Waals surface area contributed by atoms with Gasteiger partial charge in [0.05, 0.1) is 6.04 Å². The smallest absolute Gasteiger partial charge is 0.125 e. The monoisotopic (exact) mass is 219 g/mol. The minimum Gasteiger partial charge on any atom is -0.464 e. The number of halogens is 1. The van der Waals surface area contributed by atoms with Gasteiger partial charge in [-0.05, 0) is 43.8 Å². The van der Waals surface area contributed by atoms with E-state index in [4.69, 9.17) is 4.42 Å². The van der Waals surface area contributed by atoms with Crippen LogP contribution in [0.25, 0.3) is 0 Å². The van der Waals surface area contributed by atoms with Crippen molar-refractivity contribution in [1.29, 1.82) is 0 Å². The first-order valence-corrected chi connectivity index (χ1v) is 5.20. The van der Waals surface area contributed by atoms with Crippen LogP contribution in [-0.2, 0) is 0 Å². The molecule has 1 atom stereocenters.